The lowest BCUT2D eigenvalue weighted by molar-refractivity contribution is -0.384. The first kappa shape index (κ1) is 22.1. The van der Waals surface area contributed by atoms with Crippen molar-refractivity contribution in [2.45, 2.75) is 58.6 Å². The molecule has 0 unspecified atom stereocenters. The quantitative estimate of drug-likeness (QED) is 0.421. The summed E-state index contributed by atoms with van der Waals surface area (Å²) in [5.74, 6) is -2.46. The number of hydrogen-bond donors (Lipinski definition) is 2. The van der Waals surface area contributed by atoms with Crippen molar-refractivity contribution >= 4 is 23.5 Å². The van der Waals surface area contributed by atoms with Crippen LogP contribution in [0.4, 0.5) is 5.69 Å². The predicted molar refractivity (Wildman–Crippen MR) is 96.7 cm³/mol. The number of carboxylic acid groups (broad SMARTS) is 1. The molecule has 0 saturated heterocycles. The van der Waals surface area contributed by atoms with Crippen LogP contribution in [0, 0.1) is 10.1 Å². The maximum atomic E-state index is 12.4. The second-order valence-electron chi connectivity index (χ2n) is 7.76. The van der Waals surface area contributed by atoms with Gasteiger partial charge in [-0.15, -0.1) is 0 Å². The first-order valence-electron chi connectivity index (χ1n) is 8.27. The van der Waals surface area contributed by atoms with Gasteiger partial charge in [0.05, 0.1) is 10.5 Å². The van der Waals surface area contributed by atoms with Gasteiger partial charge in [0.2, 0.25) is 0 Å². The summed E-state index contributed by atoms with van der Waals surface area (Å²) in [5, 5.41) is 22.7. The normalized spacial score (nSPS) is 11.6. The van der Waals surface area contributed by atoms with Crippen LogP contribution in [0.3, 0.4) is 0 Å². The highest BCUT2D eigenvalue weighted by Crippen LogP contribution is 2.20. The van der Waals surface area contributed by atoms with Crippen molar-refractivity contribution in [2.75, 3.05) is 0 Å². The van der Waals surface area contributed by atoms with Crippen LogP contribution >= 0.6 is 0 Å². The first-order chi connectivity index (χ1) is 12.2. The molecule has 1 rings (SSSR count). The summed E-state index contributed by atoms with van der Waals surface area (Å²) in [6.07, 6.45) is 0.341. The SMILES string of the molecule is CC(C)(CCC(=O)OC(C)(C)C)NC(=O)c1cc(C(=O)O)cc([N+](=O)[O-])c1. The van der Waals surface area contributed by atoms with Gasteiger partial charge >= 0.3 is 11.9 Å². The summed E-state index contributed by atoms with van der Waals surface area (Å²) in [6.45, 7) is 8.62. The van der Waals surface area contributed by atoms with Gasteiger partial charge in [-0.3, -0.25) is 19.7 Å². The molecule has 9 nitrogen and oxygen atoms in total. The van der Waals surface area contributed by atoms with E-state index in [2.05, 4.69) is 5.32 Å². The zero-order valence-electron chi connectivity index (χ0n) is 16.0. The van der Waals surface area contributed by atoms with Crippen molar-refractivity contribution in [3.8, 4) is 0 Å². The van der Waals surface area contributed by atoms with Gasteiger partial charge in [0, 0.05) is 29.7 Å². The Kier molecular flexibility index (Phi) is 6.66. The Morgan fingerprint density at radius 3 is 2.15 bits per heavy atom. The highest BCUT2D eigenvalue weighted by molar-refractivity contribution is 5.98. The fourth-order valence-electron chi connectivity index (χ4n) is 2.22. The lowest BCUT2D eigenvalue weighted by atomic mass is 9.97. The number of aromatic carboxylic acids is 1. The van der Waals surface area contributed by atoms with Crippen LogP contribution in [0.2, 0.25) is 0 Å². The number of nitrogens with one attached hydrogen (secondary N) is 1. The van der Waals surface area contributed by atoms with Crippen LogP contribution in [-0.2, 0) is 9.53 Å². The van der Waals surface area contributed by atoms with Crippen molar-refractivity contribution in [2.24, 2.45) is 0 Å². The molecule has 0 radical (unpaired) electrons. The Morgan fingerprint density at radius 2 is 1.67 bits per heavy atom. The van der Waals surface area contributed by atoms with Gasteiger partial charge in [-0.1, -0.05) is 0 Å². The van der Waals surface area contributed by atoms with Crippen molar-refractivity contribution in [1.29, 1.82) is 0 Å². The van der Waals surface area contributed by atoms with Crippen LogP contribution in [0.1, 0.15) is 68.2 Å². The number of amides is 1. The number of carbonyl (C=O) groups is 3. The summed E-state index contributed by atoms with van der Waals surface area (Å²) in [6, 6.07) is 2.95. The minimum atomic E-state index is -1.38. The van der Waals surface area contributed by atoms with Gasteiger partial charge in [0.15, 0.2) is 0 Å². The van der Waals surface area contributed by atoms with Crippen LogP contribution in [0.25, 0.3) is 0 Å². The zero-order chi connectivity index (χ0) is 21.0. The molecule has 0 aliphatic carbocycles. The van der Waals surface area contributed by atoms with E-state index >= 15 is 0 Å². The Bertz CT molecular complexity index is 731. The summed E-state index contributed by atoms with van der Waals surface area (Å²) in [5.41, 5.74) is -2.43. The highest BCUT2D eigenvalue weighted by atomic mass is 16.6. The van der Waals surface area contributed by atoms with E-state index in [4.69, 9.17) is 9.84 Å². The molecular formula is C18H24N2O7. The van der Waals surface area contributed by atoms with E-state index in [0.717, 1.165) is 18.2 Å². The zero-order valence-corrected chi connectivity index (χ0v) is 16.0. The Morgan fingerprint density at radius 1 is 1.11 bits per heavy atom. The molecule has 0 aliphatic rings. The number of carboxylic acids is 1. The number of benzene rings is 1. The topological polar surface area (TPSA) is 136 Å². The predicted octanol–water partition coefficient (Wildman–Crippen LogP) is 2.92. The number of ether oxygens (including phenoxy) is 1. The molecule has 27 heavy (non-hydrogen) atoms. The van der Waals surface area contributed by atoms with Crippen LogP contribution in [-0.4, -0.2) is 39.0 Å². The van der Waals surface area contributed by atoms with Crippen molar-refractivity contribution < 1.29 is 29.2 Å². The summed E-state index contributed by atoms with van der Waals surface area (Å²) < 4.78 is 5.22. The molecular weight excluding hydrogens is 356 g/mol. The molecule has 0 spiro atoms. The highest BCUT2D eigenvalue weighted by Gasteiger charge is 2.26. The number of non-ortho nitro benzene ring substituents is 1. The average molecular weight is 380 g/mol. The number of rotatable bonds is 7. The van der Waals surface area contributed by atoms with Crippen LogP contribution in [0.15, 0.2) is 18.2 Å². The smallest absolute Gasteiger partial charge is 0.335 e. The fourth-order valence-corrected chi connectivity index (χ4v) is 2.22. The maximum absolute atomic E-state index is 12.4. The van der Waals surface area contributed by atoms with E-state index < -0.39 is 39.6 Å². The van der Waals surface area contributed by atoms with Gasteiger partial charge < -0.3 is 15.2 Å². The largest absolute Gasteiger partial charge is 0.478 e. The van der Waals surface area contributed by atoms with Gasteiger partial charge in [-0.05, 0) is 47.1 Å². The molecule has 1 amide bonds. The third-order valence-electron chi connectivity index (χ3n) is 3.46. The molecule has 1 aromatic rings. The third-order valence-corrected chi connectivity index (χ3v) is 3.46. The lowest BCUT2D eigenvalue weighted by Crippen LogP contribution is -2.44. The Labute approximate surface area is 156 Å². The van der Waals surface area contributed by atoms with E-state index in [1.807, 2.05) is 0 Å². The molecule has 0 aliphatic heterocycles. The molecule has 0 saturated carbocycles. The average Bonchev–Trinajstić information content (AvgIpc) is 2.50. The molecule has 148 valence electrons. The number of esters is 1. The van der Waals surface area contributed by atoms with E-state index in [0.29, 0.717) is 0 Å². The summed E-state index contributed by atoms with van der Waals surface area (Å²) in [4.78, 5) is 45.6. The second-order valence-corrected chi connectivity index (χ2v) is 7.76. The molecule has 0 bridgehead atoms. The number of hydrogen-bond acceptors (Lipinski definition) is 6. The Balaban J connectivity index is 2.89. The third kappa shape index (κ3) is 7.43. The monoisotopic (exact) mass is 380 g/mol. The molecule has 0 fully saturated rings. The maximum Gasteiger partial charge on any atom is 0.335 e. The standard InChI is InChI=1S/C18H24N2O7/c1-17(2,3)27-14(21)6-7-18(4,5)19-15(22)11-8-12(16(23)24)10-13(9-11)20(25)26/h8-10H,6-7H2,1-5H3,(H,19,22)(H,23,24). The van der Waals surface area contributed by atoms with E-state index in [1.54, 1.807) is 34.6 Å². The van der Waals surface area contributed by atoms with Crippen molar-refractivity contribution in [1.82, 2.24) is 5.32 Å². The van der Waals surface area contributed by atoms with E-state index in [-0.39, 0.29) is 24.0 Å². The number of nitrogens with zero attached hydrogens (tertiary/aromatic N) is 1. The summed E-state index contributed by atoms with van der Waals surface area (Å²) >= 11 is 0. The first-order valence-corrected chi connectivity index (χ1v) is 8.27. The summed E-state index contributed by atoms with van der Waals surface area (Å²) in [7, 11) is 0. The van der Waals surface area contributed by atoms with Gasteiger partial charge in [-0.25, -0.2) is 4.79 Å². The number of nitro benzene ring substituents is 1. The molecule has 2 N–H and O–H groups in total. The fraction of sp³-hybridized carbons (Fsp3) is 0.500. The van der Waals surface area contributed by atoms with Crippen LogP contribution < -0.4 is 5.32 Å². The number of nitro groups is 1. The van der Waals surface area contributed by atoms with Gasteiger partial charge in [-0.2, -0.15) is 0 Å². The van der Waals surface area contributed by atoms with Crippen molar-refractivity contribution in [3.05, 3.63) is 39.4 Å². The van der Waals surface area contributed by atoms with E-state index in [9.17, 15) is 24.5 Å². The minimum Gasteiger partial charge on any atom is -0.478 e. The lowest BCUT2D eigenvalue weighted by Gasteiger charge is -2.27. The number of carbonyl (C=O) groups excluding carboxylic acids is 2. The van der Waals surface area contributed by atoms with Crippen molar-refractivity contribution in [3.63, 3.8) is 0 Å². The van der Waals surface area contributed by atoms with E-state index in [1.165, 1.54) is 0 Å². The molecule has 0 heterocycles. The molecule has 9 heteroatoms. The van der Waals surface area contributed by atoms with Gasteiger partial charge in [0.25, 0.3) is 11.6 Å². The second kappa shape index (κ2) is 8.15. The Hall–Kier alpha value is -2.97. The minimum absolute atomic E-state index is 0.0693. The molecule has 0 atom stereocenters. The van der Waals surface area contributed by atoms with Crippen LogP contribution in [0.5, 0.6) is 0 Å². The molecule has 1 aromatic carbocycles. The molecule has 0 aromatic heterocycles. The van der Waals surface area contributed by atoms with Gasteiger partial charge in [0.1, 0.15) is 5.60 Å².